The number of hydrogen-bond acceptors (Lipinski definition) is 17. The van der Waals surface area contributed by atoms with E-state index in [1.54, 1.807) is 32.4 Å². The fourth-order valence-electron chi connectivity index (χ4n) is 5.36. The number of rotatable bonds is 26. The number of hydrogen-bond donors (Lipinski definition) is 5. The van der Waals surface area contributed by atoms with Gasteiger partial charge >= 0.3 is 0 Å². The molecule has 4 atom stereocenters. The van der Waals surface area contributed by atoms with Crippen molar-refractivity contribution in [2.45, 2.75) is 61.1 Å². The molecule has 328 valence electrons. The Morgan fingerprint density at radius 2 is 1.02 bits per heavy atom. The van der Waals surface area contributed by atoms with Gasteiger partial charge in [-0.3, -0.25) is 0 Å². The van der Waals surface area contributed by atoms with Crippen molar-refractivity contribution in [1.29, 1.82) is 0 Å². The van der Waals surface area contributed by atoms with Gasteiger partial charge in [-0.1, -0.05) is 36.4 Å². The molecule has 7 N–H and O–H groups in total. The highest BCUT2D eigenvalue weighted by atomic mass is 35.5. The van der Waals surface area contributed by atoms with Crippen molar-refractivity contribution in [3.8, 4) is 34.5 Å². The SMILES string of the molecule is CCOc1ccccc1OCCNC(C)C(Cl)c1ccc(OC)c(SOON)c1.CCOc1ccccc1OCCNC(C)C(O)c1ccc(OC)c(SOON)c1.Cl. The molecule has 0 aliphatic heterocycles. The Morgan fingerprint density at radius 1 is 0.610 bits per heavy atom. The smallest absolute Gasteiger partial charge is 0.161 e. The molecular weight excluding hydrogens is 847 g/mol. The van der Waals surface area contributed by atoms with E-state index in [9.17, 15) is 5.11 Å². The van der Waals surface area contributed by atoms with E-state index < -0.39 is 6.10 Å². The molecule has 4 aromatic carbocycles. The van der Waals surface area contributed by atoms with Crippen LogP contribution in [0, 0.1) is 0 Å². The van der Waals surface area contributed by atoms with Crippen LogP contribution in [0.1, 0.15) is 50.3 Å². The Balaban J connectivity index is 0.000000400. The van der Waals surface area contributed by atoms with E-state index in [0.717, 1.165) is 46.9 Å². The lowest BCUT2D eigenvalue weighted by molar-refractivity contribution is -0.195. The minimum absolute atomic E-state index is 0. The average molecular weight is 904 g/mol. The van der Waals surface area contributed by atoms with Crippen LogP contribution < -0.4 is 50.8 Å². The summed E-state index contributed by atoms with van der Waals surface area (Å²) in [6.07, 6.45) is -0.741. The zero-order chi connectivity index (χ0) is 42.1. The molecule has 0 aliphatic rings. The summed E-state index contributed by atoms with van der Waals surface area (Å²) in [5.41, 5.74) is 1.62. The van der Waals surface area contributed by atoms with Gasteiger partial charge in [0.2, 0.25) is 0 Å². The second-order valence-corrected chi connectivity index (χ2v) is 14.1. The Kier molecular flexibility index (Phi) is 26.1. The maximum Gasteiger partial charge on any atom is 0.161 e. The maximum atomic E-state index is 10.7. The van der Waals surface area contributed by atoms with Gasteiger partial charge in [0.05, 0.1) is 72.8 Å². The number of benzene rings is 4. The molecule has 0 heterocycles. The van der Waals surface area contributed by atoms with Crippen LogP contribution in [0.3, 0.4) is 0 Å². The fourth-order valence-corrected chi connectivity index (χ4v) is 6.65. The lowest BCUT2D eigenvalue weighted by Gasteiger charge is -2.22. The standard InChI is InChI=1S/C20H27ClN2O5S.C20H28N2O6S.ClH/c1-4-25-16-7-5-6-8-17(16)26-12-11-23-14(2)20(21)15-9-10-18(24-3)19(13-15)29-28-27-22;1-4-25-16-7-5-6-8-17(16)26-12-11-22-14(2)20(23)15-9-10-18(24-3)19(13-15)29-28-27-21;/h5-10,13-14,20,23H,4,11-12,22H2,1-3H3;5-10,13-14,20,22-23H,4,11-12,21H2,1-3H3;1H. The molecule has 0 saturated heterocycles. The number of nitrogens with two attached hydrogens (primary N) is 2. The quantitative estimate of drug-likeness (QED) is 0.0135. The Bertz CT molecular complexity index is 1630. The van der Waals surface area contributed by atoms with Gasteiger partial charge in [0.1, 0.15) is 24.7 Å². The van der Waals surface area contributed by atoms with Gasteiger partial charge in [-0.05, 0) is 87.4 Å². The normalized spacial score (nSPS) is 12.8. The van der Waals surface area contributed by atoms with Gasteiger partial charge < -0.3 is 44.2 Å². The third kappa shape index (κ3) is 17.6. The van der Waals surface area contributed by atoms with Crippen LogP contribution in [0.4, 0.5) is 0 Å². The Hall–Kier alpha value is -3.40. The molecule has 0 fully saturated rings. The first-order valence-electron chi connectivity index (χ1n) is 18.4. The van der Waals surface area contributed by atoms with Crippen LogP contribution in [-0.4, -0.2) is 70.9 Å². The number of methoxy groups -OCH3 is 2. The lowest BCUT2D eigenvalue weighted by Crippen LogP contribution is -2.35. The van der Waals surface area contributed by atoms with E-state index in [4.69, 9.17) is 60.5 Å². The third-order valence-electron chi connectivity index (χ3n) is 8.22. The first kappa shape index (κ1) is 51.7. The van der Waals surface area contributed by atoms with E-state index in [1.165, 1.54) is 0 Å². The predicted molar refractivity (Wildman–Crippen MR) is 232 cm³/mol. The first-order valence-corrected chi connectivity index (χ1v) is 20.4. The Morgan fingerprint density at radius 3 is 1.44 bits per heavy atom. The number of alkyl halides is 1. The van der Waals surface area contributed by atoms with Crippen molar-refractivity contribution in [3.63, 3.8) is 0 Å². The highest BCUT2D eigenvalue weighted by Gasteiger charge is 2.20. The molecule has 4 aromatic rings. The number of aliphatic hydroxyl groups excluding tert-OH is 1. The van der Waals surface area contributed by atoms with Gasteiger partial charge in [0.25, 0.3) is 0 Å². The summed E-state index contributed by atoms with van der Waals surface area (Å²) >= 11 is 8.51. The van der Waals surface area contributed by atoms with Crippen molar-refractivity contribution < 1.29 is 52.2 Å². The highest BCUT2D eigenvalue weighted by molar-refractivity contribution is 7.94. The molecule has 19 heteroatoms. The average Bonchev–Trinajstić information content (AvgIpc) is 3.25. The zero-order valence-electron chi connectivity index (χ0n) is 33.9. The highest BCUT2D eigenvalue weighted by Crippen LogP contribution is 2.36. The van der Waals surface area contributed by atoms with Crippen molar-refractivity contribution in [2.24, 2.45) is 11.8 Å². The van der Waals surface area contributed by atoms with Crippen molar-refractivity contribution in [1.82, 2.24) is 10.6 Å². The van der Waals surface area contributed by atoms with E-state index >= 15 is 0 Å². The monoisotopic (exact) mass is 902 g/mol. The number of nitrogens with one attached hydrogen (secondary N) is 2. The van der Waals surface area contributed by atoms with Gasteiger partial charge in [0.15, 0.2) is 23.0 Å². The number of aliphatic hydroxyl groups is 1. The lowest BCUT2D eigenvalue weighted by atomic mass is 10.0. The molecule has 0 spiro atoms. The molecule has 0 aliphatic carbocycles. The molecule has 15 nitrogen and oxygen atoms in total. The molecule has 4 rings (SSSR count). The molecule has 0 bridgehead atoms. The van der Waals surface area contributed by atoms with Crippen molar-refractivity contribution in [3.05, 3.63) is 96.1 Å². The molecule has 0 amide bonds. The van der Waals surface area contributed by atoms with E-state index in [1.807, 2.05) is 94.4 Å². The third-order valence-corrected chi connectivity index (χ3v) is 10.1. The largest absolute Gasteiger partial charge is 0.495 e. The summed E-state index contributed by atoms with van der Waals surface area (Å²) in [5, 5.41) is 17.0. The summed E-state index contributed by atoms with van der Waals surface area (Å²) in [4.78, 5) is 9.64. The topological polar surface area (TPSA) is 189 Å². The predicted octanol–water partition coefficient (Wildman–Crippen LogP) is 7.70. The second kappa shape index (κ2) is 29.8. The minimum atomic E-state index is -0.741. The number of ether oxygens (including phenoxy) is 6. The first-order chi connectivity index (χ1) is 28.2. The van der Waals surface area contributed by atoms with Crippen LogP contribution in [0.2, 0.25) is 0 Å². The Labute approximate surface area is 366 Å². The molecule has 0 saturated carbocycles. The molecular formula is C40H56Cl2N4O11S2. The van der Waals surface area contributed by atoms with Crippen LogP contribution in [-0.2, 0) is 18.6 Å². The van der Waals surface area contributed by atoms with Crippen LogP contribution >= 0.6 is 48.1 Å². The summed E-state index contributed by atoms with van der Waals surface area (Å²) in [7, 11) is 3.13. The minimum Gasteiger partial charge on any atom is -0.495 e. The molecule has 59 heavy (non-hydrogen) atoms. The van der Waals surface area contributed by atoms with Crippen molar-refractivity contribution >= 4 is 48.1 Å². The second-order valence-electron chi connectivity index (χ2n) is 12.1. The fraction of sp³-hybridized carbons (Fsp3) is 0.400. The number of para-hydroxylation sites is 4. The van der Waals surface area contributed by atoms with E-state index in [-0.39, 0.29) is 29.9 Å². The summed E-state index contributed by atoms with van der Waals surface area (Å²) in [6.45, 7) is 11.1. The van der Waals surface area contributed by atoms with Gasteiger partial charge in [-0.15, -0.1) is 42.7 Å². The number of halogens is 2. The van der Waals surface area contributed by atoms with E-state index in [0.29, 0.717) is 72.1 Å². The summed E-state index contributed by atoms with van der Waals surface area (Å²) < 4.78 is 42.7. The summed E-state index contributed by atoms with van der Waals surface area (Å²) in [5.74, 6) is 13.9. The molecule has 4 unspecified atom stereocenters. The van der Waals surface area contributed by atoms with Crippen LogP contribution in [0.25, 0.3) is 0 Å². The maximum absolute atomic E-state index is 10.7. The summed E-state index contributed by atoms with van der Waals surface area (Å²) in [6, 6.07) is 25.9. The van der Waals surface area contributed by atoms with Crippen LogP contribution in [0.15, 0.2) is 94.7 Å². The van der Waals surface area contributed by atoms with Gasteiger partial charge in [0, 0.05) is 25.2 Å². The molecule has 0 aromatic heterocycles. The molecule has 0 radical (unpaired) electrons. The van der Waals surface area contributed by atoms with Crippen molar-refractivity contribution in [2.75, 3.05) is 53.7 Å². The van der Waals surface area contributed by atoms with Crippen LogP contribution in [0.5, 0.6) is 34.5 Å². The van der Waals surface area contributed by atoms with E-state index in [2.05, 4.69) is 20.6 Å². The zero-order valence-corrected chi connectivity index (χ0v) is 37.1. The van der Waals surface area contributed by atoms with Gasteiger partial charge in [-0.25, -0.2) is 0 Å². The van der Waals surface area contributed by atoms with Gasteiger partial charge in [-0.2, -0.15) is 11.8 Å².